The van der Waals surface area contributed by atoms with Gasteiger partial charge in [0.15, 0.2) is 11.5 Å². The molecular formula is C21H31N3O3. The summed E-state index contributed by atoms with van der Waals surface area (Å²) in [6.07, 6.45) is 0.918. The average molecular weight is 373 g/mol. The molecule has 0 radical (unpaired) electrons. The molecule has 0 saturated heterocycles. The van der Waals surface area contributed by atoms with Crippen molar-refractivity contribution in [3.8, 4) is 11.5 Å². The van der Waals surface area contributed by atoms with Crippen molar-refractivity contribution in [1.29, 1.82) is 0 Å². The first-order valence-electron chi connectivity index (χ1n) is 9.63. The van der Waals surface area contributed by atoms with Crippen LogP contribution in [0.2, 0.25) is 0 Å². The Morgan fingerprint density at radius 3 is 2.59 bits per heavy atom. The van der Waals surface area contributed by atoms with Gasteiger partial charge in [0, 0.05) is 24.3 Å². The van der Waals surface area contributed by atoms with E-state index in [-0.39, 0.29) is 11.8 Å². The number of hydrogen-bond donors (Lipinski definition) is 1. The molecule has 1 atom stereocenters. The Balaban J connectivity index is 1.96. The SMILES string of the molecule is CCCOc1ccc(C(=O)NCC(C)Cn2nc(C)cc2C)cc1OCC. The van der Waals surface area contributed by atoms with Gasteiger partial charge in [-0.15, -0.1) is 0 Å². The summed E-state index contributed by atoms with van der Waals surface area (Å²) < 4.78 is 13.3. The van der Waals surface area contributed by atoms with E-state index in [2.05, 4.69) is 30.3 Å². The number of nitrogens with one attached hydrogen (secondary N) is 1. The number of aryl methyl sites for hydroxylation is 2. The van der Waals surface area contributed by atoms with E-state index >= 15 is 0 Å². The number of carbonyl (C=O) groups is 1. The van der Waals surface area contributed by atoms with E-state index < -0.39 is 0 Å². The number of carbonyl (C=O) groups excluding carboxylic acids is 1. The fourth-order valence-electron chi connectivity index (χ4n) is 2.84. The van der Waals surface area contributed by atoms with Crippen molar-refractivity contribution in [2.24, 2.45) is 5.92 Å². The van der Waals surface area contributed by atoms with Gasteiger partial charge >= 0.3 is 0 Å². The van der Waals surface area contributed by atoms with E-state index in [0.717, 1.165) is 24.4 Å². The molecule has 6 heteroatoms. The lowest BCUT2D eigenvalue weighted by atomic mass is 10.1. The Morgan fingerprint density at radius 1 is 1.19 bits per heavy atom. The fourth-order valence-corrected chi connectivity index (χ4v) is 2.84. The number of rotatable bonds is 10. The van der Waals surface area contributed by atoms with Gasteiger partial charge < -0.3 is 14.8 Å². The van der Waals surface area contributed by atoms with E-state index in [1.54, 1.807) is 18.2 Å². The summed E-state index contributed by atoms with van der Waals surface area (Å²) >= 11 is 0. The number of aromatic nitrogens is 2. The molecule has 0 spiro atoms. The number of nitrogens with zero attached hydrogens (tertiary/aromatic N) is 2. The second kappa shape index (κ2) is 10.00. The Kier molecular flexibility index (Phi) is 7.70. The third-order valence-corrected chi connectivity index (χ3v) is 4.17. The van der Waals surface area contributed by atoms with Crippen LogP contribution in [0.15, 0.2) is 24.3 Å². The van der Waals surface area contributed by atoms with Crippen molar-refractivity contribution >= 4 is 5.91 Å². The summed E-state index contributed by atoms with van der Waals surface area (Å²) in [5.74, 6) is 1.44. The molecule has 0 aliphatic heterocycles. The molecular weight excluding hydrogens is 342 g/mol. The molecule has 0 saturated carbocycles. The highest BCUT2D eigenvalue weighted by molar-refractivity contribution is 5.94. The minimum absolute atomic E-state index is 0.113. The van der Waals surface area contributed by atoms with Crippen molar-refractivity contribution in [2.75, 3.05) is 19.8 Å². The Labute approximate surface area is 161 Å². The lowest BCUT2D eigenvalue weighted by Crippen LogP contribution is -2.30. The average Bonchev–Trinajstić information content (AvgIpc) is 2.95. The smallest absolute Gasteiger partial charge is 0.251 e. The van der Waals surface area contributed by atoms with Crippen LogP contribution < -0.4 is 14.8 Å². The topological polar surface area (TPSA) is 65.4 Å². The monoisotopic (exact) mass is 373 g/mol. The molecule has 1 aromatic heterocycles. The Morgan fingerprint density at radius 2 is 1.96 bits per heavy atom. The standard InChI is InChI=1S/C21H31N3O3/c1-6-10-27-19-9-8-18(12-20(19)26-7-2)21(25)22-13-15(3)14-24-17(5)11-16(4)23-24/h8-9,11-12,15H,6-7,10,13-14H2,1-5H3,(H,22,25). The van der Waals surface area contributed by atoms with Crippen molar-refractivity contribution in [3.63, 3.8) is 0 Å². The first-order valence-corrected chi connectivity index (χ1v) is 9.63. The van der Waals surface area contributed by atoms with Gasteiger partial charge in [0.2, 0.25) is 0 Å². The zero-order chi connectivity index (χ0) is 19.8. The zero-order valence-electron chi connectivity index (χ0n) is 17.0. The van der Waals surface area contributed by atoms with Crippen LogP contribution in [-0.4, -0.2) is 35.4 Å². The van der Waals surface area contributed by atoms with Crippen LogP contribution in [-0.2, 0) is 6.54 Å². The largest absolute Gasteiger partial charge is 0.490 e. The molecule has 0 aliphatic rings. The minimum Gasteiger partial charge on any atom is -0.490 e. The van der Waals surface area contributed by atoms with Crippen LogP contribution in [0.3, 0.4) is 0 Å². The molecule has 1 unspecified atom stereocenters. The van der Waals surface area contributed by atoms with Crippen molar-refractivity contribution in [1.82, 2.24) is 15.1 Å². The van der Waals surface area contributed by atoms with Crippen LogP contribution in [0.4, 0.5) is 0 Å². The van der Waals surface area contributed by atoms with Crippen LogP contribution >= 0.6 is 0 Å². The highest BCUT2D eigenvalue weighted by Gasteiger charge is 2.13. The summed E-state index contributed by atoms with van der Waals surface area (Å²) in [6, 6.07) is 7.38. The number of hydrogen-bond acceptors (Lipinski definition) is 4. The molecule has 2 rings (SSSR count). The van der Waals surface area contributed by atoms with Gasteiger partial charge in [-0.2, -0.15) is 5.10 Å². The van der Waals surface area contributed by atoms with Gasteiger partial charge in [-0.05, 0) is 57.4 Å². The van der Waals surface area contributed by atoms with Crippen LogP contribution in [0, 0.1) is 19.8 Å². The molecule has 6 nitrogen and oxygen atoms in total. The van der Waals surface area contributed by atoms with Crippen molar-refractivity contribution in [3.05, 3.63) is 41.2 Å². The Bertz CT molecular complexity index is 755. The van der Waals surface area contributed by atoms with Crippen LogP contribution in [0.1, 0.15) is 48.9 Å². The fraction of sp³-hybridized carbons (Fsp3) is 0.524. The van der Waals surface area contributed by atoms with E-state index in [1.807, 2.05) is 25.5 Å². The van der Waals surface area contributed by atoms with Crippen molar-refractivity contribution < 1.29 is 14.3 Å². The second-order valence-corrected chi connectivity index (χ2v) is 6.87. The molecule has 1 amide bonds. The predicted octanol–water partition coefficient (Wildman–Crippen LogP) is 3.75. The van der Waals surface area contributed by atoms with Gasteiger partial charge in [-0.1, -0.05) is 13.8 Å². The summed E-state index contributed by atoms with van der Waals surface area (Å²) in [5, 5.41) is 7.48. The highest BCUT2D eigenvalue weighted by atomic mass is 16.5. The number of benzene rings is 1. The summed E-state index contributed by atoms with van der Waals surface area (Å²) in [4.78, 5) is 12.5. The van der Waals surface area contributed by atoms with Gasteiger partial charge in [0.05, 0.1) is 18.9 Å². The van der Waals surface area contributed by atoms with Crippen LogP contribution in [0.5, 0.6) is 11.5 Å². The molecule has 27 heavy (non-hydrogen) atoms. The lowest BCUT2D eigenvalue weighted by molar-refractivity contribution is 0.0946. The summed E-state index contributed by atoms with van der Waals surface area (Å²) in [7, 11) is 0. The maximum atomic E-state index is 12.5. The maximum absolute atomic E-state index is 12.5. The quantitative estimate of drug-likeness (QED) is 0.689. The summed E-state index contributed by atoms with van der Waals surface area (Å²) in [6.45, 7) is 12.6. The van der Waals surface area contributed by atoms with E-state index in [4.69, 9.17) is 9.47 Å². The van der Waals surface area contributed by atoms with E-state index in [0.29, 0.717) is 36.8 Å². The zero-order valence-corrected chi connectivity index (χ0v) is 17.0. The third-order valence-electron chi connectivity index (χ3n) is 4.17. The first-order chi connectivity index (χ1) is 12.9. The van der Waals surface area contributed by atoms with E-state index in [9.17, 15) is 4.79 Å². The molecule has 1 heterocycles. The second-order valence-electron chi connectivity index (χ2n) is 6.87. The van der Waals surface area contributed by atoms with Gasteiger partial charge in [0.25, 0.3) is 5.91 Å². The number of amides is 1. The highest BCUT2D eigenvalue weighted by Crippen LogP contribution is 2.28. The molecule has 148 valence electrons. The molecule has 2 aromatic rings. The molecule has 0 aliphatic carbocycles. The van der Waals surface area contributed by atoms with Crippen LogP contribution in [0.25, 0.3) is 0 Å². The molecule has 0 fully saturated rings. The van der Waals surface area contributed by atoms with E-state index in [1.165, 1.54) is 0 Å². The maximum Gasteiger partial charge on any atom is 0.251 e. The van der Waals surface area contributed by atoms with Gasteiger partial charge in [-0.25, -0.2) is 0 Å². The van der Waals surface area contributed by atoms with Gasteiger partial charge in [-0.3, -0.25) is 9.48 Å². The molecule has 1 N–H and O–H groups in total. The molecule has 1 aromatic carbocycles. The van der Waals surface area contributed by atoms with Crippen molar-refractivity contribution in [2.45, 2.75) is 47.6 Å². The Hall–Kier alpha value is -2.50. The lowest BCUT2D eigenvalue weighted by Gasteiger charge is -2.15. The molecule has 0 bridgehead atoms. The first kappa shape index (κ1) is 20.8. The predicted molar refractivity (Wildman–Crippen MR) is 107 cm³/mol. The minimum atomic E-state index is -0.113. The summed E-state index contributed by atoms with van der Waals surface area (Å²) in [5.41, 5.74) is 2.72. The normalized spacial score (nSPS) is 11.9. The van der Waals surface area contributed by atoms with Gasteiger partial charge in [0.1, 0.15) is 0 Å². The third kappa shape index (κ3) is 6.01. The number of ether oxygens (including phenoxy) is 2.